The zero-order valence-electron chi connectivity index (χ0n) is 37.1. The van der Waals surface area contributed by atoms with Gasteiger partial charge in [-0.2, -0.15) is 9.29 Å². The molecule has 3 fully saturated rings. The molecule has 3 aromatic carbocycles. The van der Waals surface area contributed by atoms with Crippen molar-refractivity contribution in [3.8, 4) is 11.5 Å². The molecule has 1 atom stereocenters. The number of halogens is 2. The van der Waals surface area contributed by atoms with Crippen LogP contribution in [0.25, 0.3) is 11.0 Å². The first-order valence-electron chi connectivity index (χ1n) is 22.1. The molecule has 15 nitrogen and oxygen atoms in total. The summed E-state index contributed by atoms with van der Waals surface area (Å²) in [4.78, 5) is 50.4. The van der Waals surface area contributed by atoms with E-state index < -0.39 is 24.9 Å². The van der Waals surface area contributed by atoms with Gasteiger partial charge in [0, 0.05) is 88.6 Å². The molecule has 0 spiro atoms. The molecule has 2 N–H and O–H groups in total. The van der Waals surface area contributed by atoms with Gasteiger partial charge < -0.3 is 34.5 Å². The quantitative estimate of drug-likeness (QED) is 0.0421. The van der Waals surface area contributed by atoms with Crippen molar-refractivity contribution in [3.63, 3.8) is 0 Å². The molecule has 0 aliphatic carbocycles. The molecule has 0 bridgehead atoms. The minimum atomic E-state index is -2.77. The van der Waals surface area contributed by atoms with Crippen molar-refractivity contribution in [1.29, 1.82) is 0 Å². The third-order valence-corrected chi connectivity index (χ3v) is 15.1. The average molecular weight is 990 g/mol. The third-order valence-electron chi connectivity index (χ3n) is 12.5. The van der Waals surface area contributed by atoms with Gasteiger partial charge in [-0.1, -0.05) is 19.1 Å². The van der Waals surface area contributed by atoms with E-state index in [-0.39, 0.29) is 18.8 Å². The average Bonchev–Trinajstić information content (AvgIpc) is 3.31. The number of nitrogens with one attached hydrogen (secondary N) is 2. The van der Waals surface area contributed by atoms with E-state index in [0.717, 1.165) is 88.5 Å². The van der Waals surface area contributed by atoms with Gasteiger partial charge in [0.1, 0.15) is 30.0 Å². The van der Waals surface area contributed by atoms with Crippen LogP contribution in [0, 0.1) is 0 Å². The maximum absolute atomic E-state index is 13.5. The zero-order valence-corrected chi connectivity index (χ0v) is 40.4. The molecule has 3 saturated heterocycles. The number of imide groups is 1. The molecule has 65 heavy (non-hydrogen) atoms. The fourth-order valence-corrected chi connectivity index (χ4v) is 11.2. The summed E-state index contributed by atoms with van der Waals surface area (Å²) in [6.45, 7) is 13.3. The summed E-state index contributed by atoms with van der Waals surface area (Å²) >= 11 is 3.28. The third kappa shape index (κ3) is 10.7. The molecule has 3 aliphatic heterocycles. The molecule has 5 heterocycles. The van der Waals surface area contributed by atoms with Gasteiger partial charge in [0.15, 0.2) is 12.3 Å². The molecule has 1 unspecified atom stereocenters. The Morgan fingerprint density at radius 3 is 2.38 bits per heavy atom. The van der Waals surface area contributed by atoms with E-state index >= 15 is 0 Å². The molecule has 0 saturated carbocycles. The lowest BCUT2D eigenvalue weighted by atomic mass is 9.90. The second-order valence-corrected chi connectivity index (χ2v) is 21.5. The van der Waals surface area contributed by atoms with Crippen molar-refractivity contribution in [1.82, 2.24) is 34.0 Å². The zero-order chi connectivity index (χ0) is 45.7. The minimum Gasteiger partial charge on any atom is -0.494 e. The highest BCUT2D eigenvalue weighted by molar-refractivity contribution is 9.10. The van der Waals surface area contributed by atoms with E-state index in [1.54, 1.807) is 39.0 Å². The number of aryl methyl sites for hydroxylation is 1. The van der Waals surface area contributed by atoms with Gasteiger partial charge in [-0.3, -0.25) is 24.5 Å². The number of anilines is 5. The van der Waals surface area contributed by atoms with Crippen LogP contribution in [0.1, 0.15) is 56.1 Å². The second-order valence-electron chi connectivity index (χ2n) is 17.0. The largest absolute Gasteiger partial charge is 0.494 e. The van der Waals surface area contributed by atoms with Crippen LogP contribution in [0.5, 0.6) is 11.5 Å². The fourth-order valence-electron chi connectivity index (χ4n) is 9.13. The number of hydrogen-bond donors (Lipinski definition) is 2. The fraction of sp³-hybridized carbons (Fsp3) is 0.435. The van der Waals surface area contributed by atoms with E-state index in [0.29, 0.717) is 67.4 Å². The first kappa shape index (κ1) is 46.7. The molecule has 3 aliphatic rings. The SMILES string of the molecule is CCc1cc(Nc2ncc(Br)c(Nc3ccc4nccnc4c3P(C)(C)=O)n2)c(OC)cc1N1CCC(N2CCN(CCCOc3ccc(C4CCC(=O)N(SF)C4=O)cc3)CC2)CC1. The van der Waals surface area contributed by atoms with E-state index in [1.165, 1.54) is 11.3 Å². The van der Waals surface area contributed by atoms with Crippen LogP contribution < -0.4 is 30.3 Å². The number of hydrogen-bond acceptors (Lipinski definition) is 15. The van der Waals surface area contributed by atoms with E-state index in [9.17, 15) is 18.0 Å². The predicted molar refractivity (Wildman–Crippen MR) is 260 cm³/mol. The summed E-state index contributed by atoms with van der Waals surface area (Å²) < 4.78 is 39.9. The maximum Gasteiger partial charge on any atom is 0.248 e. The Bertz CT molecular complexity index is 2560. The normalized spacial score (nSPS) is 18.0. The number of piperazine rings is 1. The molecule has 19 heteroatoms. The van der Waals surface area contributed by atoms with Gasteiger partial charge in [0.25, 0.3) is 0 Å². The highest BCUT2D eigenvalue weighted by atomic mass is 79.9. The Kier molecular flexibility index (Phi) is 14.9. The van der Waals surface area contributed by atoms with Crippen LogP contribution in [-0.2, 0) is 20.6 Å². The van der Waals surface area contributed by atoms with Crippen molar-refractivity contribution in [2.45, 2.75) is 57.4 Å². The summed E-state index contributed by atoms with van der Waals surface area (Å²) in [5.41, 5.74) is 5.84. The predicted octanol–water partition coefficient (Wildman–Crippen LogP) is 8.31. The summed E-state index contributed by atoms with van der Waals surface area (Å²) in [7, 11) is -1.09. The summed E-state index contributed by atoms with van der Waals surface area (Å²) in [6, 6.07) is 15.9. The van der Waals surface area contributed by atoms with E-state index in [1.807, 2.05) is 36.4 Å². The van der Waals surface area contributed by atoms with Gasteiger partial charge in [-0.25, -0.2) is 4.98 Å². The molecule has 2 amide bonds. The number of rotatable bonds is 16. The lowest BCUT2D eigenvalue weighted by molar-refractivity contribution is -0.142. The Morgan fingerprint density at radius 2 is 1.68 bits per heavy atom. The lowest BCUT2D eigenvalue weighted by Gasteiger charge is -2.43. The first-order chi connectivity index (χ1) is 31.4. The number of benzene rings is 3. The van der Waals surface area contributed by atoms with Crippen molar-refractivity contribution < 1.29 is 27.5 Å². The highest BCUT2D eigenvalue weighted by Crippen LogP contribution is 2.42. The smallest absolute Gasteiger partial charge is 0.248 e. The number of ether oxygens (including phenoxy) is 2. The number of amides is 2. The number of piperidine rings is 2. The van der Waals surface area contributed by atoms with Crippen LogP contribution in [0.3, 0.4) is 0 Å². The van der Waals surface area contributed by atoms with Crippen molar-refractivity contribution in [3.05, 3.63) is 82.7 Å². The topological polar surface area (TPSA) is 158 Å². The van der Waals surface area contributed by atoms with Gasteiger partial charge in [-0.05, 0) is 103 Å². The molecule has 2 aromatic heterocycles. The molecule has 0 radical (unpaired) electrons. The van der Waals surface area contributed by atoms with Gasteiger partial charge in [-0.15, -0.1) is 3.89 Å². The van der Waals surface area contributed by atoms with Crippen LogP contribution in [-0.4, -0.2) is 125 Å². The molecule has 344 valence electrons. The highest BCUT2D eigenvalue weighted by Gasteiger charge is 2.36. The Labute approximate surface area is 392 Å². The van der Waals surface area contributed by atoms with Crippen LogP contribution in [0.2, 0.25) is 0 Å². The monoisotopic (exact) mass is 988 g/mol. The number of carbonyl (C=O) groups is 2. The van der Waals surface area contributed by atoms with Crippen molar-refractivity contribution >= 4 is 92.4 Å². The summed E-state index contributed by atoms with van der Waals surface area (Å²) in [6.07, 6.45) is 9.39. The van der Waals surface area contributed by atoms with Gasteiger partial charge >= 0.3 is 0 Å². The molecular weight excluding hydrogens is 935 g/mol. The summed E-state index contributed by atoms with van der Waals surface area (Å²) in [5, 5.41) is 7.39. The Morgan fingerprint density at radius 1 is 0.923 bits per heavy atom. The summed E-state index contributed by atoms with van der Waals surface area (Å²) in [5.74, 6) is 0.801. The maximum atomic E-state index is 13.5. The number of carbonyl (C=O) groups excluding carboxylic acids is 2. The Balaban J connectivity index is 0.816. The van der Waals surface area contributed by atoms with E-state index in [2.05, 4.69) is 75.3 Å². The van der Waals surface area contributed by atoms with Gasteiger partial charge in [0.2, 0.25) is 17.8 Å². The molecule has 5 aromatic rings. The first-order valence-corrected chi connectivity index (χ1v) is 26.2. The van der Waals surface area contributed by atoms with Crippen molar-refractivity contribution in [2.24, 2.45) is 0 Å². The van der Waals surface area contributed by atoms with Gasteiger partial charge in [0.05, 0.1) is 46.3 Å². The Hall–Kier alpha value is -4.87. The number of aromatic nitrogens is 4. The van der Waals surface area contributed by atoms with Crippen LogP contribution in [0.15, 0.2) is 71.6 Å². The van der Waals surface area contributed by atoms with Crippen LogP contribution in [0.4, 0.5) is 32.7 Å². The minimum absolute atomic E-state index is 0.149. The second kappa shape index (κ2) is 20.7. The van der Waals surface area contributed by atoms with E-state index in [4.69, 9.17) is 14.5 Å². The molecular formula is C46H55BrFN10O5PS. The lowest BCUT2D eigenvalue weighted by Crippen LogP contribution is -2.53. The molecule has 8 rings (SSSR count). The van der Waals surface area contributed by atoms with Crippen LogP contribution >= 0.6 is 35.4 Å². The number of nitrogens with zero attached hydrogens (tertiary/aromatic N) is 8. The number of fused-ring (bicyclic) bond motifs is 1. The van der Waals surface area contributed by atoms with Crippen molar-refractivity contribution in [2.75, 3.05) is 88.4 Å². The number of methoxy groups -OCH3 is 1. The standard InChI is InChI=1S/C46H55BrFN10O5PS/c1-5-30-27-38(53-46-51-29-35(47)44(54-46)52-37-13-12-36-42(50-18-17-49-36)43(37)64(3,4)61)40(62-2)28-39(30)57-20-15-32(16-21-57)56-24-22-55(23-25-56)19-6-26-63-33-9-7-31(8-10-33)34-11-14-41(59)58(65-48)45(34)60/h7-10,12-13,17-18,27-29,32,34H,5-6,11,14-16,19-26H2,1-4H3,(H2,51,52,53,54).